The summed E-state index contributed by atoms with van der Waals surface area (Å²) in [5.74, 6) is 0. The largest absolute Gasteiger partial charge is 0.168 e. The fraction of sp³-hybridized carbons (Fsp3) is 1.00. The summed E-state index contributed by atoms with van der Waals surface area (Å²) in [6, 6.07) is 0. The van der Waals surface area contributed by atoms with E-state index in [2.05, 4.69) is 25.3 Å². The summed E-state index contributed by atoms with van der Waals surface area (Å²) in [5.41, 5.74) is 0. The lowest BCUT2D eigenvalue weighted by Gasteiger charge is -1.79. The Labute approximate surface area is 62.3 Å². The molecule has 0 aromatic heterocycles. The molecule has 0 aromatic rings. The third-order valence-corrected chi connectivity index (χ3v) is 1.64. The van der Waals surface area contributed by atoms with E-state index in [0.29, 0.717) is 0 Å². The summed E-state index contributed by atoms with van der Waals surface area (Å²) < 4.78 is 0. The minimum absolute atomic E-state index is 0. The fourth-order valence-corrected chi connectivity index (χ4v) is 1.10. The van der Waals surface area contributed by atoms with Crippen molar-refractivity contribution in [2.24, 2.45) is 0 Å². The maximum Gasteiger partial charge on any atom is 0.0370 e. The van der Waals surface area contributed by atoms with Gasteiger partial charge in [-0.15, -0.1) is 11.8 Å². The van der Waals surface area contributed by atoms with E-state index in [4.69, 9.17) is 0 Å². The maximum atomic E-state index is 3.91. The first-order valence-electron chi connectivity index (χ1n) is 1.21. The van der Waals surface area contributed by atoms with Crippen LogP contribution < -0.4 is 0 Å². The summed E-state index contributed by atoms with van der Waals surface area (Å²) >= 11 is 9.52. The molecule has 0 fully saturated rings. The first-order chi connectivity index (χ1) is 2.41. The minimum atomic E-state index is 0. The molecule has 0 saturated carbocycles. The molecule has 0 atom stereocenters. The molecule has 0 rings (SSSR count). The highest BCUT2D eigenvalue weighted by Gasteiger charge is 1.68. The summed E-state index contributed by atoms with van der Waals surface area (Å²) in [6.45, 7) is 0. The molecule has 0 aliphatic carbocycles. The Bertz CT molecular complexity index is 14.4. The fourth-order valence-electron chi connectivity index (χ4n) is 0.0408. The number of rotatable bonds is 2. The van der Waals surface area contributed by atoms with Gasteiger partial charge in [0.15, 0.2) is 0 Å². The second-order valence-corrected chi connectivity index (χ2v) is 2.94. The van der Waals surface area contributed by atoms with Gasteiger partial charge in [0.25, 0.3) is 0 Å². The second-order valence-electron chi connectivity index (χ2n) is 0.462. The van der Waals surface area contributed by atoms with Crippen LogP contribution >= 0.6 is 37.0 Å². The molecule has 3 heteroatoms. The van der Waals surface area contributed by atoms with Crippen molar-refractivity contribution in [3.63, 3.8) is 0 Å². The van der Waals surface area contributed by atoms with E-state index in [1.54, 1.807) is 11.8 Å². The van der Waals surface area contributed by atoms with Crippen LogP contribution in [-0.2, 0) is 0 Å². The molecule has 0 aromatic carbocycles. The Morgan fingerprint density at radius 3 is 1.29 bits per heavy atom. The molecule has 7 heavy (non-hydrogen) atoms. The molecule has 0 heterocycles. The predicted molar refractivity (Wildman–Crippen MR) is 48.8 cm³/mol. The average Bonchev–Trinajstić information content (AvgIpc) is 1.41. The lowest BCUT2D eigenvalue weighted by Crippen LogP contribution is -1.56. The SMILES string of the molecule is C.C.SCSCS. The van der Waals surface area contributed by atoms with Gasteiger partial charge in [-0.2, -0.15) is 25.3 Å². The monoisotopic (exact) mass is 158 g/mol. The van der Waals surface area contributed by atoms with Crippen molar-refractivity contribution in [1.82, 2.24) is 0 Å². The number of hydrogen-bond donors (Lipinski definition) is 2. The highest BCUT2D eigenvalue weighted by atomic mass is 32.2. The lowest BCUT2D eigenvalue weighted by atomic mass is 11.9. The zero-order valence-corrected chi connectivity index (χ0v) is 5.32. The van der Waals surface area contributed by atoms with E-state index in [9.17, 15) is 0 Å². The van der Waals surface area contributed by atoms with Gasteiger partial charge in [-0.3, -0.25) is 0 Å². The zero-order chi connectivity index (χ0) is 4.12. The molecule has 0 saturated heterocycles. The molecule has 0 aliphatic rings. The summed E-state index contributed by atoms with van der Waals surface area (Å²) in [4.78, 5) is 0. The van der Waals surface area contributed by atoms with Crippen LogP contribution in [0.4, 0.5) is 0 Å². The van der Waals surface area contributed by atoms with Crippen molar-refractivity contribution < 1.29 is 0 Å². The molecule has 0 nitrogen and oxygen atoms in total. The van der Waals surface area contributed by atoms with Crippen LogP contribution in [0.1, 0.15) is 14.9 Å². The predicted octanol–water partition coefficient (Wildman–Crippen LogP) is 2.77. The molecular formula is C4H14S3. The van der Waals surface area contributed by atoms with Gasteiger partial charge in [0.1, 0.15) is 0 Å². The molecule has 0 spiro atoms. The van der Waals surface area contributed by atoms with Crippen LogP contribution in [0.5, 0.6) is 0 Å². The topological polar surface area (TPSA) is 0 Å². The van der Waals surface area contributed by atoms with Crippen molar-refractivity contribution in [3.8, 4) is 0 Å². The lowest BCUT2D eigenvalue weighted by molar-refractivity contribution is 2.20. The number of hydrogen-bond acceptors (Lipinski definition) is 3. The van der Waals surface area contributed by atoms with Gasteiger partial charge in [0, 0.05) is 10.2 Å². The van der Waals surface area contributed by atoms with Crippen molar-refractivity contribution in [3.05, 3.63) is 0 Å². The smallest absolute Gasteiger partial charge is 0.0370 e. The van der Waals surface area contributed by atoms with Gasteiger partial charge in [-0.05, 0) is 0 Å². The van der Waals surface area contributed by atoms with Crippen LogP contribution in [-0.4, -0.2) is 10.2 Å². The van der Waals surface area contributed by atoms with Crippen molar-refractivity contribution in [2.75, 3.05) is 10.2 Å². The van der Waals surface area contributed by atoms with Gasteiger partial charge in [-0.25, -0.2) is 0 Å². The van der Waals surface area contributed by atoms with Crippen molar-refractivity contribution in [2.45, 2.75) is 14.9 Å². The molecule has 0 unspecified atom stereocenters. The van der Waals surface area contributed by atoms with E-state index in [1.165, 1.54) is 0 Å². The number of thioether (sulfide) groups is 1. The molecule has 0 aliphatic heterocycles. The van der Waals surface area contributed by atoms with Gasteiger partial charge < -0.3 is 0 Å². The standard InChI is InChI=1S/C2H6S3.2CH4/c3-1-5-2-4;;/h3-4H,1-2H2;2*1H4. The highest BCUT2D eigenvalue weighted by Crippen LogP contribution is 2.01. The molecule has 0 N–H and O–H groups in total. The molecule has 0 radical (unpaired) electrons. The Kier molecular flexibility index (Phi) is 35.3. The molecule has 0 bridgehead atoms. The highest BCUT2D eigenvalue weighted by molar-refractivity contribution is 8.15. The van der Waals surface area contributed by atoms with Crippen molar-refractivity contribution in [1.29, 1.82) is 0 Å². The summed E-state index contributed by atoms with van der Waals surface area (Å²) in [5, 5.41) is 1.76. The quantitative estimate of drug-likeness (QED) is 0.460. The average molecular weight is 158 g/mol. The van der Waals surface area contributed by atoms with Crippen LogP contribution in [0, 0.1) is 0 Å². The van der Waals surface area contributed by atoms with Gasteiger partial charge in [0.2, 0.25) is 0 Å². The normalized spacial score (nSPS) is 6.00. The summed E-state index contributed by atoms with van der Waals surface area (Å²) in [7, 11) is 0. The van der Waals surface area contributed by atoms with Crippen LogP contribution in [0.25, 0.3) is 0 Å². The van der Waals surface area contributed by atoms with Crippen LogP contribution in [0.15, 0.2) is 0 Å². The zero-order valence-electron chi connectivity index (χ0n) is 2.72. The second kappa shape index (κ2) is 15.7. The molecule has 48 valence electrons. The van der Waals surface area contributed by atoms with E-state index in [-0.39, 0.29) is 14.9 Å². The van der Waals surface area contributed by atoms with Crippen LogP contribution in [0.2, 0.25) is 0 Å². The van der Waals surface area contributed by atoms with E-state index in [1.807, 2.05) is 0 Å². The Morgan fingerprint density at radius 2 is 1.29 bits per heavy atom. The maximum absolute atomic E-state index is 3.91. The Morgan fingerprint density at radius 1 is 1.00 bits per heavy atom. The van der Waals surface area contributed by atoms with Gasteiger partial charge >= 0.3 is 0 Å². The summed E-state index contributed by atoms with van der Waals surface area (Å²) in [6.07, 6.45) is 0. The Balaban J connectivity index is -0.0000000800. The third kappa shape index (κ3) is 19.3. The van der Waals surface area contributed by atoms with Gasteiger partial charge in [-0.1, -0.05) is 14.9 Å². The van der Waals surface area contributed by atoms with E-state index >= 15 is 0 Å². The molecular weight excluding hydrogens is 144 g/mol. The molecule has 0 amide bonds. The Hall–Kier alpha value is 1.05. The van der Waals surface area contributed by atoms with E-state index in [0.717, 1.165) is 10.2 Å². The number of thiol groups is 2. The third-order valence-electron chi connectivity index (χ3n) is 0.183. The van der Waals surface area contributed by atoms with E-state index < -0.39 is 0 Å². The minimum Gasteiger partial charge on any atom is -0.168 e. The van der Waals surface area contributed by atoms with Crippen molar-refractivity contribution >= 4 is 37.0 Å². The first kappa shape index (κ1) is 15.7. The van der Waals surface area contributed by atoms with Gasteiger partial charge in [0.05, 0.1) is 0 Å². The van der Waals surface area contributed by atoms with Crippen LogP contribution in [0.3, 0.4) is 0 Å². The first-order valence-corrected chi connectivity index (χ1v) is 3.63.